The second-order valence-corrected chi connectivity index (χ2v) is 7.23. The van der Waals surface area contributed by atoms with Gasteiger partial charge in [0.1, 0.15) is 17.3 Å². The number of hydrogen-bond donors (Lipinski definition) is 2. The van der Waals surface area contributed by atoms with Crippen LogP contribution in [-0.2, 0) is 11.2 Å². The molecule has 0 amide bonds. The molecule has 0 spiro atoms. The van der Waals surface area contributed by atoms with Gasteiger partial charge in [0.05, 0.1) is 12.2 Å². The molecule has 2 aromatic rings. The van der Waals surface area contributed by atoms with Crippen LogP contribution in [-0.4, -0.2) is 28.5 Å². The Kier molecular flexibility index (Phi) is 3.25. The minimum atomic E-state index is -0.265. The van der Waals surface area contributed by atoms with E-state index in [1.807, 2.05) is 7.05 Å². The largest absolute Gasteiger partial charge is 0.507 e. The Balaban J connectivity index is 1.68. The molecule has 3 aliphatic rings. The van der Waals surface area contributed by atoms with Gasteiger partial charge in [-0.15, -0.1) is 10.2 Å². The molecule has 3 heterocycles. The van der Waals surface area contributed by atoms with E-state index in [1.165, 1.54) is 6.07 Å². The first kappa shape index (κ1) is 15.1. The van der Waals surface area contributed by atoms with Crippen LogP contribution in [0.2, 0.25) is 0 Å². The third-order valence-electron chi connectivity index (χ3n) is 5.60. The molecule has 6 heteroatoms. The van der Waals surface area contributed by atoms with Crippen LogP contribution in [0.3, 0.4) is 0 Å². The number of nitrogens with one attached hydrogen (secondary N) is 1. The second kappa shape index (κ2) is 5.39. The first-order chi connectivity index (χ1) is 12.2. The highest BCUT2D eigenvalue weighted by Crippen LogP contribution is 2.48. The van der Waals surface area contributed by atoms with Crippen molar-refractivity contribution in [3.63, 3.8) is 0 Å². The molecular formula is C19H20FN3O2. The minimum Gasteiger partial charge on any atom is -0.507 e. The Morgan fingerprint density at radius 1 is 1.20 bits per heavy atom. The van der Waals surface area contributed by atoms with Crippen molar-refractivity contribution in [2.45, 2.75) is 50.2 Å². The molecule has 1 aromatic carbocycles. The monoisotopic (exact) mass is 341 g/mol. The molecule has 1 saturated carbocycles. The van der Waals surface area contributed by atoms with Crippen LogP contribution in [0.25, 0.3) is 11.3 Å². The number of halogens is 1. The van der Waals surface area contributed by atoms with Gasteiger partial charge < -0.3 is 15.2 Å². The molecule has 130 valence electrons. The summed E-state index contributed by atoms with van der Waals surface area (Å²) in [7, 11) is 1.81. The summed E-state index contributed by atoms with van der Waals surface area (Å²) >= 11 is 0. The number of rotatable bonds is 3. The maximum absolute atomic E-state index is 14.6. The Hall–Kier alpha value is -2.21. The fourth-order valence-corrected chi connectivity index (χ4v) is 4.21. The number of phenols is 1. The van der Waals surface area contributed by atoms with E-state index in [-0.39, 0.29) is 29.7 Å². The zero-order chi connectivity index (χ0) is 17.1. The maximum atomic E-state index is 14.6. The number of ether oxygens (including phenoxy) is 1. The highest BCUT2D eigenvalue weighted by Gasteiger charge is 2.38. The molecule has 5 nitrogen and oxygen atoms in total. The summed E-state index contributed by atoms with van der Waals surface area (Å²) in [6.45, 7) is 0. The fraction of sp³-hybridized carbons (Fsp3) is 0.474. The van der Waals surface area contributed by atoms with Crippen LogP contribution in [0.5, 0.6) is 5.75 Å². The second-order valence-electron chi connectivity index (χ2n) is 7.23. The van der Waals surface area contributed by atoms with Gasteiger partial charge in [-0.2, -0.15) is 0 Å². The number of benzene rings is 1. The van der Waals surface area contributed by atoms with Gasteiger partial charge in [-0.25, -0.2) is 4.39 Å². The maximum Gasteiger partial charge on any atom is 0.154 e. The van der Waals surface area contributed by atoms with E-state index >= 15 is 0 Å². The van der Waals surface area contributed by atoms with Gasteiger partial charge in [-0.1, -0.05) is 0 Å². The summed E-state index contributed by atoms with van der Waals surface area (Å²) in [4.78, 5) is 0. The summed E-state index contributed by atoms with van der Waals surface area (Å²) in [5, 5.41) is 22.2. The Bertz CT molecular complexity index is 866. The van der Waals surface area contributed by atoms with Crippen molar-refractivity contribution >= 4 is 5.82 Å². The zero-order valence-corrected chi connectivity index (χ0v) is 14.1. The van der Waals surface area contributed by atoms with Crippen molar-refractivity contribution in [2.24, 2.45) is 0 Å². The summed E-state index contributed by atoms with van der Waals surface area (Å²) in [6, 6.07) is 2.99. The van der Waals surface area contributed by atoms with Crippen molar-refractivity contribution in [2.75, 3.05) is 12.4 Å². The lowest BCUT2D eigenvalue weighted by molar-refractivity contribution is 0.0326. The van der Waals surface area contributed by atoms with E-state index in [2.05, 4.69) is 15.5 Å². The van der Waals surface area contributed by atoms with Crippen molar-refractivity contribution in [3.8, 4) is 17.0 Å². The molecule has 2 bridgehead atoms. The smallest absolute Gasteiger partial charge is 0.154 e. The van der Waals surface area contributed by atoms with Gasteiger partial charge in [-0.05, 0) is 54.9 Å². The molecule has 5 rings (SSSR count). The van der Waals surface area contributed by atoms with Gasteiger partial charge in [-0.3, -0.25) is 0 Å². The average molecular weight is 341 g/mol. The van der Waals surface area contributed by atoms with Crippen LogP contribution in [0.1, 0.15) is 54.4 Å². The molecule has 2 N–H and O–H groups in total. The number of nitrogens with zero attached hydrogens (tertiary/aromatic N) is 2. The number of hydrogen-bond acceptors (Lipinski definition) is 5. The normalized spacial score (nSPS) is 24.2. The number of aromatic nitrogens is 2. The number of fused-ring (bicyclic) bond motifs is 4. The van der Waals surface area contributed by atoms with Gasteiger partial charge >= 0.3 is 0 Å². The molecule has 2 unspecified atom stereocenters. The molecule has 1 aliphatic carbocycles. The Morgan fingerprint density at radius 3 is 2.80 bits per heavy atom. The van der Waals surface area contributed by atoms with Crippen LogP contribution < -0.4 is 5.32 Å². The van der Waals surface area contributed by atoms with Crippen LogP contribution in [0.15, 0.2) is 12.1 Å². The Labute approximate surface area is 145 Å². The third-order valence-corrected chi connectivity index (χ3v) is 5.60. The van der Waals surface area contributed by atoms with Crippen LogP contribution in [0, 0.1) is 5.82 Å². The van der Waals surface area contributed by atoms with E-state index < -0.39 is 0 Å². The number of anilines is 1. The van der Waals surface area contributed by atoms with Crippen molar-refractivity contribution in [3.05, 3.63) is 34.6 Å². The van der Waals surface area contributed by atoms with Crippen LogP contribution >= 0.6 is 0 Å². The lowest BCUT2D eigenvalue weighted by Crippen LogP contribution is -2.21. The fourth-order valence-electron chi connectivity index (χ4n) is 4.21. The molecular weight excluding hydrogens is 321 g/mol. The van der Waals surface area contributed by atoms with Crippen LogP contribution in [0.4, 0.5) is 10.2 Å². The molecule has 1 aromatic heterocycles. The molecule has 2 atom stereocenters. The molecule has 2 aliphatic heterocycles. The minimum absolute atomic E-state index is 0.00294. The quantitative estimate of drug-likeness (QED) is 0.891. The first-order valence-corrected chi connectivity index (χ1v) is 8.91. The predicted molar refractivity (Wildman–Crippen MR) is 91.2 cm³/mol. The molecule has 1 saturated heterocycles. The first-order valence-electron chi connectivity index (χ1n) is 8.91. The SMILES string of the molecule is CNc1nnc(-c2cc(F)c(C3CC3)cc2O)c2c1C1CCC(C2)O1. The van der Waals surface area contributed by atoms with Crippen molar-refractivity contribution < 1.29 is 14.2 Å². The van der Waals surface area contributed by atoms with Crippen molar-refractivity contribution in [1.29, 1.82) is 0 Å². The molecule has 2 fully saturated rings. The average Bonchev–Trinajstić information content (AvgIpc) is 3.39. The lowest BCUT2D eigenvalue weighted by atomic mass is 9.93. The van der Waals surface area contributed by atoms with E-state index in [0.29, 0.717) is 22.6 Å². The summed E-state index contributed by atoms with van der Waals surface area (Å²) in [5.74, 6) is 0.768. The van der Waals surface area contributed by atoms with Gasteiger partial charge in [0, 0.05) is 24.6 Å². The highest BCUT2D eigenvalue weighted by molar-refractivity contribution is 5.73. The standard InChI is InChI=1S/C19H20FN3O2/c1-21-19-17-13(6-10-4-5-16(17)25-10)18(22-23-19)12-7-14(20)11(8-15(12)24)9-2-3-9/h7-10,16,24H,2-6H2,1H3,(H,21,23). The topological polar surface area (TPSA) is 67.3 Å². The Morgan fingerprint density at radius 2 is 2.04 bits per heavy atom. The number of aromatic hydroxyl groups is 1. The van der Waals surface area contributed by atoms with Crippen molar-refractivity contribution in [1.82, 2.24) is 10.2 Å². The van der Waals surface area contributed by atoms with E-state index in [9.17, 15) is 9.50 Å². The molecule has 0 radical (unpaired) electrons. The lowest BCUT2D eigenvalue weighted by Gasteiger charge is -2.27. The summed E-state index contributed by atoms with van der Waals surface area (Å²) in [5.41, 5.74) is 3.64. The summed E-state index contributed by atoms with van der Waals surface area (Å²) in [6.07, 6.45) is 4.83. The predicted octanol–water partition coefficient (Wildman–Crippen LogP) is 3.68. The van der Waals surface area contributed by atoms with Gasteiger partial charge in [0.15, 0.2) is 5.82 Å². The highest BCUT2D eigenvalue weighted by atomic mass is 19.1. The van der Waals surface area contributed by atoms with Gasteiger partial charge in [0.25, 0.3) is 0 Å². The van der Waals surface area contributed by atoms with Gasteiger partial charge in [0.2, 0.25) is 0 Å². The summed E-state index contributed by atoms with van der Waals surface area (Å²) < 4.78 is 20.6. The molecule has 25 heavy (non-hydrogen) atoms. The third kappa shape index (κ3) is 2.31. The van der Waals surface area contributed by atoms with E-state index in [1.54, 1.807) is 6.07 Å². The van der Waals surface area contributed by atoms with E-state index in [0.717, 1.165) is 43.2 Å². The number of phenolic OH excluding ortho intramolecular Hbond substituents is 1. The van der Waals surface area contributed by atoms with E-state index in [4.69, 9.17) is 4.74 Å². The zero-order valence-electron chi connectivity index (χ0n) is 14.1.